The highest BCUT2D eigenvalue weighted by Crippen LogP contribution is 2.37. The molecule has 7 heteroatoms. The van der Waals surface area contributed by atoms with Crippen LogP contribution in [0.25, 0.3) is 0 Å². The van der Waals surface area contributed by atoms with E-state index in [1.165, 1.54) is 5.57 Å². The fraction of sp³-hybridized carbons (Fsp3) is 0.846. The van der Waals surface area contributed by atoms with E-state index in [2.05, 4.69) is 44.1 Å². The average Bonchev–Trinajstić information content (AvgIpc) is 2.33. The Morgan fingerprint density at radius 3 is 2.45 bits per heavy atom. The summed E-state index contributed by atoms with van der Waals surface area (Å²) in [4.78, 5) is 2.35. The molecular weight excluding hydrogens is 292 g/mol. The van der Waals surface area contributed by atoms with Gasteiger partial charge in [-0.05, 0) is 49.4 Å². The molecule has 20 heavy (non-hydrogen) atoms. The monoisotopic (exact) mass is 320 g/mol. The Kier molecular flexibility index (Phi) is 6.40. The van der Waals surface area contributed by atoms with Crippen molar-refractivity contribution in [3.05, 3.63) is 11.3 Å². The molecular formula is C13H28N2O3SSi. The largest absolute Gasteiger partial charge is 0.413 e. The summed E-state index contributed by atoms with van der Waals surface area (Å²) in [5, 5.41) is 0.195. The molecule has 1 aliphatic rings. The third kappa shape index (κ3) is 5.29. The van der Waals surface area contributed by atoms with Gasteiger partial charge in [0.2, 0.25) is 11.3 Å². The molecule has 0 amide bonds. The molecule has 3 N–H and O–H groups in total. The summed E-state index contributed by atoms with van der Waals surface area (Å²) in [5.41, 5.74) is 5.09. The SMILES string of the molecule is CC(C)(C)[Si](C)(C)OCC1=C(NNS(=O)O)CCCC1. The lowest BCUT2D eigenvalue weighted by Gasteiger charge is -2.37. The summed E-state index contributed by atoms with van der Waals surface area (Å²) >= 11 is -2.04. The number of allylic oxidation sites excluding steroid dienone is 1. The molecule has 1 aliphatic carbocycles. The van der Waals surface area contributed by atoms with Crippen molar-refractivity contribution in [1.29, 1.82) is 0 Å². The number of rotatable bonds is 6. The second-order valence-electron chi connectivity index (χ2n) is 6.81. The molecule has 0 aromatic heterocycles. The van der Waals surface area contributed by atoms with E-state index < -0.39 is 19.6 Å². The molecule has 0 spiro atoms. The van der Waals surface area contributed by atoms with Crippen LogP contribution >= 0.6 is 0 Å². The van der Waals surface area contributed by atoms with Crippen LogP contribution in [0.1, 0.15) is 46.5 Å². The predicted molar refractivity (Wildman–Crippen MR) is 85.7 cm³/mol. The Labute approximate surface area is 126 Å². The minimum absolute atomic E-state index is 0.195. The molecule has 0 fully saturated rings. The van der Waals surface area contributed by atoms with Gasteiger partial charge in [0, 0.05) is 5.70 Å². The van der Waals surface area contributed by atoms with Gasteiger partial charge in [0.1, 0.15) is 0 Å². The number of hydrogen-bond acceptors (Lipinski definition) is 3. The molecule has 1 atom stereocenters. The van der Waals surface area contributed by atoms with Crippen LogP contribution in [0.15, 0.2) is 11.3 Å². The van der Waals surface area contributed by atoms with Gasteiger partial charge < -0.3 is 9.85 Å². The van der Waals surface area contributed by atoms with E-state index in [1.54, 1.807) is 0 Å². The summed E-state index contributed by atoms with van der Waals surface area (Å²) in [6.45, 7) is 11.8. The van der Waals surface area contributed by atoms with E-state index in [0.29, 0.717) is 6.61 Å². The smallest absolute Gasteiger partial charge is 0.250 e. The standard InChI is InChI=1S/C13H28N2O3SSi/c1-13(2,3)20(4,5)18-10-11-8-6-7-9-12(11)14-15-19(16)17/h14-15H,6-10H2,1-5H3,(H,16,17). The Bertz CT molecular complexity index is 392. The van der Waals surface area contributed by atoms with Gasteiger partial charge in [0.25, 0.3) is 0 Å². The quantitative estimate of drug-likeness (QED) is 0.399. The second-order valence-corrected chi connectivity index (χ2v) is 12.3. The van der Waals surface area contributed by atoms with Gasteiger partial charge in [-0.1, -0.05) is 20.8 Å². The molecule has 0 bridgehead atoms. The van der Waals surface area contributed by atoms with Crippen LogP contribution in [0.4, 0.5) is 0 Å². The van der Waals surface area contributed by atoms with Gasteiger partial charge in [0.05, 0.1) is 6.61 Å². The third-order valence-electron chi connectivity index (χ3n) is 4.28. The van der Waals surface area contributed by atoms with Crippen molar-refractivity contribution in [3.63, 3.8) is 0 Å². The highest BCUT2D eigenvalue weighted by Gasteiger charge is 2.37. The zero-order valence-electron chi connectivity index (χ0n) is 13.2. The molecule has 0 radical (unpaired) electrons. The van der Waals surface area contributed by atoms with E-state index in [1.807, 2.05) is 0 Å². The first-order chi connectivity index (χ1) is 9.13. The highest BCUT2D eigenvalue weighted by atomic mass is 32.2. The fourth-order valence-electron chi connectivity index (χ4n) is 1.87. The minimum Gasteiger partial charge on any atom is -0.413 e. The second kappa shape index (κ2) is 7.17. The lowest BCUT2D eigenvalue weighted by molar-refractivity contribution is 0.308. The van der Waals surface area contributed by atoms with Crippen LogP contribution in [0.3, 0.4) is 0 Å². The van der Waals surface area contributed by atoms with Crippen molar-refractivity contribution in [2.75, 3.05) is 6.61 Å². The predicted octanol–water partition coefficient (Wildman–Crippen LogP) is 3.07. The van der Waals surface area contributed by atoms with Gasteiger partial charge in [0.15, 0.2) is 8.32 Å². The normalized spacial score (nSPS) is 19.1. The van der Waals surface area contributed by atoms with E-state index in [-0.39, 0.29) is 5.04 Å². The molecule has 0 aromatic carbocycles. The van der Waals surface area contributed by atoms with Crippen LogP contribution < -0.4 is 10.3 Å². The molecule has 0 saturated heterocycles. The molecule has 1 unspecified atom stereocenters. The van der Waals surface area contributed by atoms with E-state index >= 15 is 0 Å². The Morgan fingerprint density at radius 1 is 1.30 bits per heavy atom. The maximum Gasteiger partial charge on any atom is 0.250 e. The molecule has 0 heterocycles. The zero-order chi connectivity index (χ0) is 15.4. The zero-order valence-corrected chi connectivity index (χ0v) is 15.0. The average molecular weight is 321 g/mol. The summed E-state index contributed by atoms with van der Waals surface area (Å²) in [5.74, 6) is 0. The van der Waals surface area contributed by atoms with Crippen molar-refractivity contribution in [2.45, 2.75) is 64.6 Å². The van der Waals surface area contributed by atoms with Crippen LogP contribution in [0.2, 0.25) is 18.1 Å². The number of hydrogen-bond donors (Lipinski definition) is 3. The lowest BCUT2D eigenvalue weighted by atomic mass is 9.97. The van der Waals surface area contributed by atoms with Crippen molar-refractivity contribution < 1.29 is 13.2 Å². The molecule has 5 nitrogen and oxygen atoms in total. The Morgan fingerprint density at radius 2 is 1.90 bits per heavy atom. The number of nitrogens with one attached hydrogen (secondary N) is 2. The van der Waals surface area contributed by atoms with Gasteiger partial charge in [-0.3, -0.25) is 4.55 Å². The van der Waals surface area contributed by atoms with Crippen molar-refractivity contribution in [1.82, 2.24) is 10.3 Å². The molecule has 0 aromatic rings. The lowest BCUT2D eigenvalue weighted by Crippen LogP contribution is -2.42. The van der Waals surface area contributed by atoms with Gasteiger partial charge in [-0.15, -0.1) is 4.83 Å². The van der Waals surface area contributed by atoms with Crippen LogP contribution in [-0.2, 0) is 15.7 Å². The van der Waals surface area contributed by atoms with E-state index in [0.717, 1.165) is 31.4 Å². The Balaban J connectivity index is 2.68. The highest BCUT2D eigenvalue weighted by molar-refractivity contribution is 7.77. The summed E-state index contributed by atoms with van der Waals surface area (Å²) in [6, 6.07) is 0. The van der Waals surface area contributed by atoms with Gasteiger partial charge in [-0.25, -0.2) is 4.21 Å². The molecule has 0 aliphatic heterocycles. The molecule has 118 valence electrons. The fourth-order valence-corrected chi connectivity index (χ4v) is 3.05. The van der Waals surface area contributed by atoms with Crippen LogP contribution in [-0.4, -0.2) is 23.7 Å². The van der Waals surface area contributed by atoms with E-state index in [9.17, 15) is 4.21 Å². The van der Waals surface area contributed by atoms with Gasteiger partial charge in [-0.2, -0.15) is 0 Å². The number of hydrazine groups is 1. The van der Waals surface area contributed by atoms with Crippen molar-refractivity contribution in [2.24, 2.45) is 0 Å². The summed E-state index contributed by atoms with van der Waals surface area (Å²) in [6.07, 6.45) is 4.16. The third-order valence-corrected chi connectivity index (χ3v) is 9.04. The van der Waals surface area contributed by atoms with Crippen LogP contribution in [0.5, 0.6) is 0 Å². The van der Waals surface area contributed by atoms with Crippen molar-refractivity contribution in [3.8, 4) is 0 Å². The summed E-state index contributed by atoms with van der Waals surface area (Å²) in [7, 11) is -1.75. The molecule has 0 saturated carbocycles. The maximum absolute atomic E-state index is 10.7. The minimum atomic E-state index is -2.04. The Hall–Kier alpha value is -0.213. The van der Waals surface area contributed by atoms with Crippen molar-refractivity contribution >= 4 is 19.6 Å². The summed E-state index contributed by atoms with van der Waals surface area (Å²) < 4.78 is 25.7. The maximum atomic E-state index is 10.7. The first kappa shape index (κ1) is 17.8. The first-order valence-electron chi connectivity index (χ1n) is 7.11. The topological polar surface area (TPSA) is 70.6 Å². The molecule has 1 rings (SSSR count). The van der Waals surface area contributed by atoms with E-state index in [4.69, 9.17) is 8.98 Å². The van der Waals surface area contributed by atoms with Gasteiger partial charge >= 0.3 is 0 Å². The van der Waals surface area contributed by atoms with Crippen LogP contribution in [0, 0.1) is 0 Å². The first-order valence-corrected chi connectivity index (χ1v) is 11.1.